The van der Waals surface area contributed by atoms with Crippen LogP contribution in [0, 0.1) is 0 Å². The molecule has 4 aromatic carbocycles. The first-order chi connectivity index (χ1) is 17.8. The molecule has 2 heterocycles. The van der Waals surface area contributed by atoms with Crippen molar-refractivity contribution in [2.75, 3.05) is 6.61 Å². The van der Waals surface area contributed by atoms with Crippen molar-refractivity contribution in [1.29, 1.82) is 0 Å². The Morgan fingerprint density at radius 3 is 1.67 bits per heavy atom. The lowest BCUT2D eigenvalue weighted by Crippen LogP contribution is -2.36. The van der Waals surface area contributed by atoms with Crippen molar-refractivity contribution in [1.82, 2.24) is 4.98 Å². The Bertz CT molecular complexity index is 1320. The first kappa shape index (κ1) is 22.3. The molecule has 0 saturated heterocycles. The fraction of sp³-hybridized carbons (Fsp3) is 0.121. The highest BCUT2D eigenvalue weighted by Crippen LogP contribution is 2.41. The molecule has 0 spiro atoms. The van der Waals surface area contributed by atoms with Gasteiger partial charge >= 0.3 is 0 Å². The lowest BCUT2D eigenvalue weighted by atomic mass is 9.80. The Kier molecular flexibility index (Phi) is 6.06. The van der Waals surface area contributed by atoms with E-state index < -0.39 is 5.60 Å². The van der Waals surface area contributed by atoms with E-state index in [0.29, 0.717) is 12.5 Å². The van der Waals surface area contributed by atoms with E-state index in [1.807, 2.05) is 36.4 Å². The third-order valence-electron chi connectivity index (χ3n) is 6.76. The lowest BCUT2D eigenvalue weighted by Gasteiger charge is -2.36. The van der Waals surface area contributed by atoms with Gasteiger partial charge in [-0.1, -0.05) is 127 Å². The van der Waals surface area contributed by atoms with Crippen LogP contribution in [-0.4, -0.2) is 17.7 Å². The van der Waals surface area contributed by atoms with Gasteiger partial charge in [-0.15, -0.1) is 0 Å². The second-order valence-electron chi connectivity index (χ2n) is 9.06. The van der Waals surface area contributed by atoms with E-state index in [1.54, 1.807) is 0 Å². The van der Waals surface area contributed by atoms with E-state index >= 15 is 0 Å². The molecular formula is C33H27NO2. The largest absolute Gasteiger partial charge is 0.471 e. The predicted octanol–water partition coefficient (Wildman–Crippen LogP) is 7.06. The smallest absolute Gasteiger partial charge is 0.217 e. The molecule has 6 rings (SSSR count). The van der Waals surface area contributed by atoms with E-state index in [2.05, 4.69) is 97.1 Å². The van der Waals surface area contributed by atoms with E-state index in [4.69, 9.17) is 14.5 Å². The van der Waals surface area contributed by atoms with E-state index in [1.165, 1.54) is 0 Å². The number of nitrogens with zero attached hydrogens (tertiary/aromatic N) is 1. The molecule has 1 unspecified atom stereocenters. The van der Waals surface area contributed by atoms with Crippen molar-refractivity contribution >= 4 is 0 Å². The predicted molar refractivity (Wildman–Crippen MR) is 143 cm³/mol. The molecule has 0 amide bonds. The number of hydrogen-bond donors (Lipinski definition) is 0. The first-order valence-corrected chi connectivity index (χ1v) is 12.4. The van der Waals surface area contributed by atoms with Crippen LogP contribution >= 0.6 is 0 Å². The molecule has 176 valence electrons. The zero-order chi connectivity index (χ0) is 24.2. The topological polar surface area (TPSA) is 31.4 Å². The van der Waals surface area contributed by atoms with Crippen LogP contribution in [-0.2, 0) is 16.8 Å². The quantitative estimate of drug-likeness (QED) is 0.239. The van der Waals surface area contributed by atoms with Gasteiger partial charge in [0.15, 0.2) is 0 Å². The Morgan fingerprint density at radius 1 is 0.639 bits per heavy atom. The summed E-state index contributed by atoms with van der Waals surface area (Å²) < 4.78 is 13.3. The van der Waals surface area contributed by atoms with Crippen LogP contribution in [0.5, 0.6) is 5.88 Å². The van der Waals surface area contributed by atoms with Gasteiger partial charge in [-0.05, 0) is 22.8 Å². The summed E-state index contributed by atoms with van der Waals surface area (Å²) in [5.74, 6) is 0.703. The van der Waals surface area contributed by atoms with Gasteiger partial charge in [-0.2, -0.15) is 0 Å². The van der Waals surface area contributed by atoms with Crippen LogP contribution < -0.4 is 4.74 Å². The number of hydrogen-bond acceptors (Lipinski definition) is 3. The van der Waals surface area contributed by atoms with Gasteiger partial charge in [0.2, 0.25) is 5.88 Å². The molecule has 0 saturated carbocycles. The Morgan fingerprint density at radius 2 is 1.14 bits per heavy atom. The highest BCUT2D eigenvalue weighted by molar-refractivity contribution is 5.60. The molecule has 1 atom stereocenters. The summed E-state index contributed by atoms with van der Waals surface area (Å²) in [5, 5.41) is 0. The van der Waals surface area contributed by atoms with Crippen LogP contribution in [0.3, 0.4) is 0 Å². The summed E-state index contributed by atoms with van der Waals surface area (Å²) in [7, 11) is 0. The van der Waals surface area contributed by atoms with Crippen LogP contribution in [0.1, 0.15) is 22.3 Å². The number of benzene rings is 4. The number of fused-ring (bicyclic) bond motifs is 1. The van der Waals surface area contributed by atoms with E-state index in [-0.39, 0.29) is 6.10 Å². The second kappa shape index (κ2) is 9.80. The van der Waals surface area contributed by atoms with E-state index in [0.717, 1.165) is 39.9 Å². The third kappa shape index (κ3) is 4.19. The van der Waals surface area contributed by atoms with Crippen LogP contribution in [0.15, 0.2) is 133 Å². The fourth-order valence-corrected chi connectivity index (χ4v) is 5.02. The van der Waals surface area contributed by atoms with Crippen LogP contribution in [0.4, 0.5) is 0 Å². The van der Waals surface area contributed by atoms with Gasteiger partial charge < -0.3 is 9.47 Å². The Labute approximate surface area is 212 Å². The molecular weight excluding hydrogens is 442 g/mol. The summed E-state index contributed by atoms with van der Waals surface area (Å²) in [6.07, 6.45) is 0.653. The lowest BCUT2D eigenvalue weighted by molar-refractivity contribution is -0.0257. The zero-order valence-electron chi connectivity index (χ0n) is 20.0. The van der Waals surface area contributed by atoms with Gasteiger partial charge in [0.05, 0.1) is 12.3 Å². The van der Waals surface area contributed by atoms with Crippen LogP contribution in [0.2, 0.25) is 0 Å². The van der Waals surface area contributed by atoms with Crippen molar-refractivity contribution < 1.29 is 9.47 Å². The number of pyridine rings is 1. The highest BCUT2D eigenvalue weighted by atomic mass is 16.6. The SMILES string of the molecule is c1ccc(-c2ccc3c(n2)OC(COC(c2ccccc2)(c2ccccc2)c2ccccc2)C3)cc1. The molecule has 1 aliphatic heterocycles. The average molecular weight is 470 g/mol. The molecule has 1 aromatic heterocycles. The Hall–Kier alpha value is -4.21. The van der Waals surface area contributed by atoms with Crippen molar-refractivity contribution in [3.05, 3.63) is 156 Å². The minimum absolute atomic E-state index is 0.117. The first-order valence-electron chi connectivity index (χ1n) is 12.4. The maximum atomic E-state index is 6.97. The number of ether oxygens (including phenoxy) is 2. The highest BCUT2D eigenvalue weighted by Gasteiger charge is 2.39. The summed E-state index contributed by atoms with van der Waals surface area (Å²) in [6, 6.07) is 45.7. The molecule has 0 fully saturated rings. The summed E-state index contributed by atoms with van der Waals surface area (Å²) in [5.41, 5.74) is 5.62. The van der Waals surface area contributed by atoms with Crippen molar-refractivity contribution in [3.8, 4) is 17.1 Å². The van der Waals surface area contributed by atoms with E-state index in [9.17, 15) is 0 Å². The molecule has 1 aliphatic rings. The molecule has 0 bridgehead atoms. The van der Waals surface area contributed by atoms with Gasteiger partial charge in [0.1, 0.15) is 11.7 Å². The average Bonchev–Trinajstić information content (AvgIpc) is 3.38. The summed E-state index contributed by atoms with van der Waals surface area (Å²) in [6.45, 7) is 0.426. The minimum atomic E-state index is -0.759. The molecule has 36 heavy (non-hydrogen) atoms. The fourth-order valence-electron chi connectivity index (χ4n) is 5.02. The standard InChI is InChI=1S/C33H27NO2/c1-5-13-25(14-6-1)31-22-21-26-23-30(36-32(26)34-31)24-35-33(27-15-7-2-8-16-27,28-17-9-3-10-18-28)29-19-11-4-12-20-29/h1-22,30H,23-24H2. The van der Waals surface area contributed by atoms with Gasteiger partial charge in [0, 0.05) is 17.5 Å². The molecule has 0 radical (unpaired) electrons. The minimum Gasteiger partial charge on any atom is -0.471 e. The molecule has 3 nitrogen and oxygen atoms in total. The number of aromatic nitrogens is 1. The second-order valence-corrected chi connectivity index (χ2v) is 9.06. The van der Waals surface area contributed by atoms with Crippen molar-refractivity contribution in [2.24, 2.45) is 0 Å². The van der Waals surface area contributed by atoms with Crippen molar-refractivity contribution in [3.63, 3.8) is 0 Å². The summed E-state index contributed by atoms with van der Waals surface area (Å²) >= 11 is 0. The number of rotatable bonds is 7. The van der Waals surface area contributed by atoms with Gasteiger partial charge in [-0.3, -0.25) is 0 Å². The zero-order valence-corrected chi connectivity index (χ0v) is 20.0. The van der Waals surface area contributed by atoms with Gasteiger partial charge in [-0.25, -0.2) is 4.98 Å². The van der Waals surface area contributed by atoms with Crippen molar-refractivity contribution in [2.45, 2.75) is 18.1 Å². The Balaban J connectivity index is 1.33. The molecule has 0 N–H and O–H groups in total. The molecule has 5 aromatic rings. The third-order valence-corrected chi connectivity index (χ3v) is 6.76. The van der Waals surface area contributed by atoms with Crippen LogP contribution in [0.25, 0.3) is 11.3 Å². The molecule has 0 aliphatic carbocycles. The van der Waals surface area contributed by atoms with Gasteiger partial charge in [0.25, 0.3) is 0 Å². The monoisotopic (exact) mass is 469 g/mol. The maximum Gasteiger partial charge on any atom is 0.217 e. The summed E-state index contributed by atoms with van der Waals surface area (Å²) in [4.78, 5) is 4.81. The maximum absolute atomic E-state index is 6.97. The molecule has 3 heteroatoms. The normalized spacial score (nSPS) is 14.7.